The molecule has 2 aromatic heterocycles. The summed E-state index contributed by atoms with van der Waals surface area (Å²) in [6.45, 7) is 0. The lowest BCUT2D eigenvalue weighted by molar-refractivity contribution is -0.121. The predicted molar refractivity (Wildman–Crippen MR) is 152 cm³/mol. The third-order valence-corrected chi connectivity index (χ3v) is 6.79. The lowest BCUT2D eigenvalue weighted by Crippen LogP contribution is -2.32. The van der Waals surface area contributed by atoms with E-state index >= 15 is 0 Å². The number of aromatic hydroxyl groups is 1. The van der Waals surface area contributed by atoms with Gasteiger partial charge in [-0.3, -0.25) is 14.6 Å². The second-order valence-electron chi connectivity index (χ2n) is 10.0. The summed E-state index contributed by atoms with van der Waals surface area (Å²) in [6, 6.07) is 18.0. The molecule has 41 heavy (non-hydrogen) atoms. The molecule has 0 saturated heterocycles. The molecule has 0 aliphatic rings. The van der Waals surface area contributed by atoms with Crippen molar-refractivity contribution < 1.29 is 23.5 Å². The summed E-state index contributed by atoms with van der Waals surface area (Å²) in [4.78, 5) is 35.2. The average Bonchev–Trinajstić information content (AvgIpc) is 3.33. The van der Waals surface area contributed by atoms with Gasteiger partial charge in [0, 0.05) is 54.6 Å². The van der Waals surface area contributed by atoms with Crippen LogP contribution in [0.3, 0.4) is 0 Å². The molecule has 2 heterocycles. The summed E-state index contributed by atoms with van der Waals surface area (Å²) in [5.41, 5.74) is 4.14. The number of aromatic nitrogens is 2. The molecule has 0 aliphatic carbocycles. The lowest BCUT2D eigenvalue weighted by Gasteiger charge is -2.22. The molecule has 5 rings (SSSR count). The van der Waals surface area contributed by atoms with Crippen molar-refractivity contribution in [2.75, 3.05) is 14.1 Å². The van der Waals surface area contributed by atoms with Gasteiger partial charge < -0.3 is 20.3 Å². The molecule has 1 atom stereocenters. The minimum atomic E-state index is -0.758. The van der Waals surface area contributed by atoms with Crippen LogP contribution in [0.25, 0.3) is 22.0 Å². The van der Waals surface area contributed by atoms with E-state index in [0.717, 1.165) is 11.6 Å². The number of nitrogens with one attached hydrogen (secondary N) is 2. The molecule has 7 nitrogen and oxygen atoms in total. The summed E-state index contributed by atoms with van der Waals surface area (Å²) in [5.74, 6) is -1.87. The summed E-state index contributed by atoms with van der Waals surface area (Å²) >= 11 is 0. The average molecular weight is 555 g/mol. The first-order chi connectivity index (χ1) is 19.7. The Kier molecular flexibility index (Phi) is 7.78. The van der Waals surface area contributed by atoms with E-state index in [1.165, 1.54) is 17.0 Å². The van der Waals surface area contributed by atoms with Crippen LogP contribution in [0.15, 0.2) is 85.2 Å². The Balaban J connectivity index is 1.52. The van der Waals surface area contributed by atoms with Crippen LogP contribution in [0.2, 0.25) is 0 Å². The molecule has 3 N–H and O–H groups in total. The molecule has 9 heteroatoms. The zero-order valence-corrected chi connectivity index (χ0v) is 22.5. The Labute approximate surface area is 235 Å². The fraction of sp³-hybridized carbons (Fsp3) is 0.156. The van der Waals surface area contributed by atoms with Gasteiger partial charge in [-0.2, -0.15) is 0 Å². The molecule has 208 valence electrons. The molecule has 0 bridgehead atoms. The van der Waals surface area contributed by atoms with Crippen LogP contribution in [0, 0.1) is 11.6 Å². The highest BCUT2D eigenvalue weighted by Gasteiger charge is 2.23. The maximum Gasteiger partial charge on any atom is 0.253 e. The highest BCUT2D eigenvalue weighted by Crippen LogP contribution is 2.30. The number of benzene rings is 3. The molecule has 5 aromatic rings. The molecular weight excluding hydrogens is 526 g/mol. The summed E-state index contributed by atoms with van der Waals surface area (Å²) in [5, 5.41) is 13.6. The van der Waals surface area contributed by atoms with Gasteiger partial charge in [0.2, 0.25) is 5.91 Å². The molecule has 0 fully saturated rings. The number of rotatable bonds is 8. The fourth-order valence-corrected chi connectivity index (χ4v) is 4.93. The van der Waals surface area contributed by atoms with Crippen LogP contribution >= 0.6 is 0 Å². The minimum Gasteiger partial charge on any atom is -0.508 e. The fourth-order valence-electron chi connectivity index (χ4n) is 4.93. The number of phenols is 1. The topological polar surface area (TPSA) is 98.3 Å². The molecule has 3 aromatic carbocycles. The van der Waals surface area contributed by atoms with E-state index in [1.54, 1.807) is 69.0 Å². The van der Waals surface area contributed by atoms with E-state index in [-0.39, 0.29) is 30.4 Å². The van der Waals surface area contributed by atoms with Gasteiger partial charge in [-0.1, -0.05) is 18.2 Å². The third kappa shape index (κ3) is 6.24. The number of aromatic amines is 1. The van der Waals surface area contributed by atoms with Crippen molar-refractivity contribution in [2.45, 2.75) is 18.9 Å². The molecule has 0 aliphatic heterocycles. The first-order valence-electron chi connectivity index (χ1n) is 13.0. The highest BCUT2D eigenvalue weighted by molar-refractivity contribution is 5.95. The van der Waals surface area contributed by atoms with Gasteiger partial charge in [0.15, 0.2) is 0 Å². The van der Waals surface area contributed by atoms with Gasteiger partial charge in [-0.05, 0) is 71.6 Å². The largest absolute Gasteiger partial charge is 0.508 e. The quantitative estimate of drug-likeness (QED) is 0.234. The number of amides is 2. The number of fused-ring (bicyclic) bond motifs is 1. The Bertz CT molecular complexity index is 1730. The van der Waals surface area contributed by atoms with Crippen LogP contribution in [0.4, 0.5) is 8.78 Å². The molecular formula is C32H28F2N4O3. The predicted octanol–water partition coefficient (Wildman–Crippen LogP) is 5.56. The van der Waals surface area contributed by atoms with Crippen molar-refractivity contribution in [3.05, 3.63) is 119 Å². The molecule has 0 spiro atoms. The second kappa shape index (κ2) is 11.6. The van der Waals surface area contributed by atoms with Gasteiger partial charge in [0.1, 0.15) is 17.4 Å². The first kappa shape index (κ1) is 27.5. The Morgan fingerprint density at radius 3 is 2.54 bits per heavy atom. The zero-order valence-electron chi connectivity index (χ0n) is 22.5. The number of carbonyl (C=O) groups is 2. The van der Waals surface area contributed by atoms with Crippen molar-refractivity contribution >= 4 is 22.7 Å². The monoisotopic (exact) mass is 554 g/mol. The smallest absolute Gasteiger partial charge is 0.253 e. The standard InChI is InChI=1S/C32H28F2N4O3/c1-38(2)32(41)21-6-3-5-20(14-21)26-7-4-10-35-31(26)29(13-19-11-23(33)16-24(34)12-19)37-30(40)15-22-18-36-28-9-8-25(39)17-27(22)28/h3-12,14,16-18,29,36,39H,13,15H2,1-2H3,(H,37,40). The summed E-state index contributed by atoms with van der Waals surface area (Å²) in [7, 11) is 3.34. The number of nitrogens with zero attached hydrogens (tertiary/aromatic N) is 2. The van der Waals surface area contributed by atoms with E-state index in [1.807, 2.05) is 12.1 Å². The van der Waals surface area contributed by atoms with E-state index in [9.17, 15) is 23.5 Å². The molecule has 0 radical (unpaired) electrons. The van der Waals surface area contributed by atoms with Crippen LogP contribution in [0.1, 0.15) is 33.2 Å². The van der Waals surface area contributed by atoms with Gasteiger partial charge in [0.25, 0.3) is 5.91 Å². The van der Waals surface area contributed by atoms with Crippen LogP contribution in [-0.4, -0.2) is 45.9 Å². The van der Waals surface area contributed by atoms with Crippen LogP contribution in [0.5, 0.6) is 5.75 Å². The maximum absolute atomic E-state index is 14.1. The van der Waals surface area contributed by atoms with Crippen molar-refractivity contribution in [3.8, 4) is 16.9 Å². The van der Waals surface area contributed by atoms with E-state index in [4.69, 9.17) is 0 Å². The van der Waals surface area contributed by atoms with Gasteiger partial charge in [0.05, 0.1) is 18.2 Å². The van der Waals surface area contributed by atoms with E-state index in [2.05, 4.69) is 15.3 Å². The first-order valence-corrected chi connectivity index (χ1v) is 13.0. The van der Waals surface area contributed by atoms with Crippen molar-refractivity contribution in [2.24, 2.45) is 0 Å². The van der Waals surface area contributed by atoms with E-state index in [0.29, 0.717) is 38.9 Å². The molecule has 1 unspecified atom stereocenters. The van der Waals surface area contributed by atoms with Crippen molar-refractivity contribution in [1.29, 1.82) is 0 Å². The maximum atomic E-state index is 14.1. The summed E-state index contributed by atoms with van der Waals surface area (Å²) in [6.07, 6.45) is 3.35. The Morgan fingerprint density at radius 2 is 1.78 bits per heavy atom. The van der Waals surface area contributed by atoms with Gasteiger partial charge >= 0.3 is 0 Å². The third-order valence-electron chi connectivity index (χ3n) is 6.79. The normalized spacial score (nSPS) is 11.8. The molecule has 0 saturated carbocycles. The SMILES string of the molecule is CN(C)C(=O)c1cccc(-c2cccnc2C(Cc2cc(F)cc(F)c2)NC(=O)Cc2c[nH]c3ccc(O)cc23)c1. The van der Waals surface area contributed by atoms with Gasteiger partial charge in [-0.15, -0.1) is 0 Å². The number of halogens is 2. The van der Waals surface area contributed by atoms with Gasteiger partial charge in [-0.25, -0.2) is 8.78 Å². The van der Waals surface area contributed by atoms with Crippen molar-refractivity contribution in [1.82, 2.24) is 20.2 Å². The Morgan fingerprint density at radius 1 is 1.00 bits per heavy atom. The Hall–Kier alpha value is -5.05. The molecule has 2 amide bonds. The summed E-state index contributed by atoms with van der Waals surface area (Å²) < 4.78 is 28.2. The van der Waals surface area contributed by atoms with Crippen molar-refractivity contribution in [3.63, 3.8) is 0 Å². The highest BCUT2D eigenvalue weighted by atomic mass is 19.1. The number of H-pyrrole nitrogens is 1. The number of carbonyl (C=O) groups excluding carboxylic acids is 2. The van der Waals surface area contributed by atoms with Crippen LogP contribution in [-0.2, 0) is 17.6 Å². The number of hydrogen-bond donors (Lipinski definition) is 3. The van der Waals surface area contributed by atoms with E-state index < -0.39 is 17.7 Å². The van der Waals surface area contributed by atoms with Crippen LogP contribution < -0.4 is 5.32 Å². The number of phenolic OH excluding ortho intramolecular Hbond substituents is 1. The number of pyridine rings is 1. The second-order valence-corrected chi connectivity index (χ2v) is 10.0. The zero-order chi connectivity index (χ0) is 29.1. The number of hydrogen-bond acceptors (Lipinski definition) is 4. The lowest BCUT2D eigenvalue weighted by atomic mass is 9.94. The minimum absolute atomic E-state index is 0.00749.